The van der Waals surface area contributed by atoms with Crippen LogP contribution in [0, 0.1) is 9.39 Å². The third kappa shape index (κ3) is 2.33. The van der Waals surface area contributed by atoms with Crippen molar-refractivity contribution in [2.75, 3.05) is 0 Å². The second kappa shape index (κ2) is 4.07. The van der Waals surface area contributed by atoms with E-state index >= 15 is 0 Å². The Balaban J connectivity index is 2.96. The zero-order chi connectivity index (χ0) is 9.14. The SMILES string of the molecule is CC(C)Oc1c(F)cccc1I. The number of para-hydroxylation sites is 1. The van der Waals surface area contributed by atoms with E-state index in [9.17, 15) is 4.39 Å². The molecule has 0 aliphatic heterocycles. The van der Waals surface area contributed by atoms with Crippen LogP contribution in [-0.2, 0) is 0 Å². The topological polar surface area (TPSA) is 9.23 Å². The minimum atomic E-state index is -0.296. The second-order valence-corrected chi connectivity index (χ2v) is 3.88. The number of ether oxygens (including phenoxy) is 1. The average Bonchev–Trinajstić information content (AvgIpc) is 1.97. The third-order valence-corrected chi connectivity index (χ3v) is 2.12. The zero-order valence-corrected chi connectivity index (χ0v) is 9.13. The van der Waals surface area contributed by atoms with Gasteiger partial charge < -0.3 is 4.74 Å². The van der Waals surface area contributed by atoms with Crippen LogP contribution in [0.4, 0.5) is 4.39 Å². The fraction of sp³-hybridized carbons (Fsp3) is 0.333. The predicted molar refractivity (Wildman–Crippen MR) is 54.9 cm³/mol. The maximum absolute atomic E-state index is 13.1. The van der Waals surface area contributed by atoms with Crippen molar-refractivity contribution in [2.24, 2.45) is 0 Å². The van der Waals surface area contributed by atoms with Crippen LogP contribution in [-0.4, -0.2) is 6.10 Å². The molecule has 0 aromatic heterocycles. The maximum atomic E-state index is 13.1. The van der Waals surface area contributed by atoms with Gasteiger partial charge in [0.25, 0.3) is 0 Å². The van der Waals surface area contributed by atoms with E-state index in [2.05, 4.69) is 22.6 Å². The van der Waals surface area contributed by atoms with Crippen molar-refractivity contribution in [2.45, 2.75) is 20.0 Å². The Labute approximate surface area is 85.1 Å². The quantitative estimate of drug-likeness (QED) is 0.756. The van der Waals surface area contributed by atoms with Crippen LogP contribution in [0.5, 0.6) is 5.75 Å². The van der Waals surface area contributed by atoms with Gasteiger partial charge in [0.15, 0.2) is 11.6 Å². The molecule has 0 atom stereocenters. The average molecular weight is 280 g/mol. The van der Waals surface area contributed by atoms with E-state index in [0.717, 1.165) is 3.57 Å². The lowest BCUT2D eigenvalue weighted by atomic mass is 10.3. The summed E-state index contributed by atoms with van der Waals surface area (Å²) in [4.78, 5) is 0. The number of halogens is 2. The Bertz CT molecular complexity index is 253. The van der Waals surface area contributed by atoms with E-state index in [1.807, 2.05) is 19.9 Å². The van der Waals surface area contributed by atoms with Gasteiger partial charge in [0, 0.05) is 0 Å². The van der Waals surface area contributed by atoms with Crippen LogP contribution in [0.25, 0.3) is 0 Å². The largest absolute Gasteiger partial charge is 0.487 e. The highest BCUT2D eigenvalue weighted by Gasteiger charge is 2.08. The van der Waals surface area contributed by atoms with Crippen LogP contribution in [0.3, 0.4) is 0 Å². The molecule has 12 heavy (non-hydrogen) atoms. The lowest BCUT2D eigenvalue weighted by molar-refractivity contribution is 0.229. The van der Waals surface area contributed by atoms with Crippen molar-refractivity contribution in [1.82, 2.24) is 0 Å². The van der Waals surface area contributed by atoms with E-state index in [1.54, 1.807) is 6.07 Å². The van der Waals surface area contributed by atoms with Gasteiger partial charge in [-0.15, -0.1) is 0 Å². The molecular formula is C9H10FIO. The molecule has 1 aromatic carbocycles. The monoisotopic (exact) mass is 280 g/mol. The molecule has 0 radical (unpaired) electrons. The number of hydrogen-bond acceptors (Lipinski definition) is 1. The van der Waals surface area contributed by atoms with Gasteiger partial charge in [-0.3, -0.25) is 0 Å². The highest BCUT2D eigenvalue weighted by molar-refractivity contribution is 14.1. The lowest BCUT2D eigenvalue weighted by Gasteiger charge is -2.11. The van der Waals surface area contributed by atoms with Crippen molar-refractivity contribution in [3.63, 3.8) is 0 Å². The molecule has 0 amide bonds. The van der Waals surface area contributed by atoms with Crippen LogP contribution in [0.1, 0.15) is 13.8 Å². The van der Waals surface area contributed by atoms with Crippen LogP contribution in [0.15, 0.2) is 18.2 Å². The van der Waals surface area contributed by atoms with Crippen molar-refractivity contribution in [3.8, 4) is 5.75 Å². The molecule has 1 aromatic rings. The van der Waals surface area contributed by atoms with Crippen LogP contribution >= 0.6 is 22.6 Å². The minimum absolute atomic E-state index is 0.00964. The van der Waals surface area contributed by atoms with Gasteiger partial charge in [0.1, 0.15) is 0 Å². The normalized spacial score (nSPS) is 10.4. The van der Waals surface area contributed by atoms with Gasteiger partial charge in [-0.25, -0.2) is 4.39 Å². The summed E-state index contributed by atoms with van der Waals surface area (Å²) in [7, 11) is 0. The summed E-state index contributed by atoms with van der Waals surface area (Å²) in [5, 5.41) is 0. The molecule has 1 rings (SSSR count). The maximum Gasteiger partial charge on any atom is 0.168 e. The molecule has 0 aliphatic rings. The molecule has 0 heterocycles. The molecule has 3 heteroatoms. The fourth-order valence-corrected chi connectivity index (χ4v) is 1.42. The number of rotatable bonds is 2. The van der Waals surface area contributed by atoms with Gasteiger partial charge in [0.05, 0.1) is 9.67 Å². The van der Waals surface area contributed by atoms with Crippen molar-refractivity contribution >= 4 is 22.6 Å². The second-order valence-electron chi connectivity index (χ2n) is 2.72. The van der Waals surface area contributed by atoms with E-state index in [-0.39, 0.29) is 11.9 Å². The number of hydrogen-bond donors (Lipinski definition) is 0. The van der Waals surface area contributed by atoms with Crippen molar-refractivity contribution in [1.29, 1.82) is 0 Å². The Morgan fingerprint density at radius 1 is 1.42 bits per heavy atom. The lowest BCUT2D eigenvalue weighted by Crippen LogP contribution is -2.08. The molecule has 0 N–H and O–H groups in total. The van der Waals surface area contributed by atoms with Crippen LogP contribution in [0.2, 0.25) is 0 Å². The number of benzene rings is 1. The van der Waals surface area contributed by atoms with Gasteiger partial charge >= 0.3 is 0 Å². The summed E-state index contributed by atoms with van der Waals surface area (Å²) in [6.07, 6.45) is 0.00964. The summed E-state index contributed by atoms with van der Waals surface area (Å²) in [6, 6.07) is 4.89. The molecule has 0 bridgehead atoms. The summed E-state index contributed by atoms with van der Waals surface area (Å²) >= 11 is 2.05. The van der Waals surface area contributed by atoms with E-state index < -0.39 is 0 Å². The predicted octanol–water partition coefficient (Wildman–Crippen LogP) is 3.22. The van der Waals surface area contributed by atoms with Gasteiger partial charge in [-0.2, -0.15) is 0 Å². The first-order valence-corrected chi connectivity index (χ1v) is 4.80. The third-order valence-electron chi connectivity index (χ3n) is 1.27. The Morgan fingerprint density at radius 2 is 2.08 bits per heavy atom. The Hall–Kier alpha value is -0.320. The van der Waals surface area contributed by atoms with Crippen molar-refractivity contribution in [3.05, 3.63) is 27.6 Å². The van der Waals surface area contributed by atoms with Gasteiger partial charge in [0.2, 0.25) is 0 Å². The molecule has 1 nitrogen and oxygen atoms in total. The molecule has 0 aliphatic carbocycles. The first kappa shape index (κ1) is 9.77. The first-order chi connectivity index (χ1) is 5.61. The van der Waals surface area contributed by atoms with Crippen LogP contribution < -0.4 is 4.74 Å². The summed E-state index contributed by atoms with van der Waals surface area (Å²) < 4.78 is 19.2. The van der Waals surface area contributed by atoms with E-state index in [0.29, 0.717) is 5.75 Å². The molecular weight excluding hydrogens is 270 g/mol. The van der Waals surface area contributed by atoms with Gasteiger partial charge in [-0.1, -0.05) is 6.07 Å². The summed E-state index contributed by atoms with van der Waals surface area (Å²) in [6.45, 7) is 3.76. The van der Waals surface area contributed by atoms with E-state index in [1.165, 1.54) is 6.07 Å². The molecule has 0 spiro atoms. The highest BCUT2D eigenvalue weighted by Crippen LogP contribution is 2.24. The standard InChI is InChI=1S/C9H10FIO/c1-6(2)12-9-7(10)4-3-5-8(9)11/h3-6H,1-2H3. The minimum Gasteiger partial charge on any atom is -0.487 e. The fourth-order valence-electron chi connectivity index (χ4n) is 0.831. The molecule has 0 saturated carbocycles. The molecule has 0 saturated heterocycles. The smallest absolute Gasteiger partial charge is 0.168 e. The first-order valence-electron chi connectivity index (χ1n) is 3.72. The summed E-state index contributed by atoms with van der Waals surface area (Å²) in [5.41, 5.74) is 0. The molecule has 66 valence electrons. The zero-order valence-electron chi connectivity index (χ0n) is 6.97. The Morgan fingerprint density at radius 3 is 2.58 bits per heavy atom. The Kier molecular flexibility index (Phi) is 3.31. The van der Waals surface area contributed by atoms with E-state index in [4.69, 9.17) is 4.74 Å². The summed E-state index contributed by atoms with van der Waals surface area (Å²) in [5.74, 6) is 0.0590. The molecule has 0 fully saturated rings. The highest BCUT2D eigenvalue weighted by atomic mass is 127. The molecule has 0 unspecified atom stereocenters. The van der Waals surface area contributed by atoms with Crippen molar-refractivity contribution < 1.29 is 9.13 Å². The van der Waals surface area contributed by atoms with Gasteiger partial charge in [-0.05, 0) is 48.6 Å².